The molecule has 2 amide bonds. The van der Waals surface area contributed by atoms with Crippen molar-refractivity contribution in [1.29, 1.82) is 0 Å². The summed E-state index contributed by atoms with van der Waals surface area (Å²) in [5.41, 5.74) is 14.7. The van der Waals surface area contributed by atoms with Gasteiger partial charge in [0, 0.05) is 23.6 Å². The first-order valence-corrected chi connectivity index (χ1v) is 13.3. The first kappa shape index (κ1) is 28.4. The van der Waals surface area contributed by atoms with E-state index in [0.29, 0.717) is 32.4 Å². The van der Waals surface area contributed by atoms with Crippen LogP contribution < -0.4 is 26.8 Å². The van der Waals surface area contributed by atoms with E-state index >= 15 is 0 Å². The Balaban J connectivity index is 1.46. The third kappa shape index (κ3) is 7.48. The lowest BCUT2D eigenvalue weighted by Crippen LogP contribution is -2.48. The first-order chi connectivity index (χ1) is 19.5. The number of hydrogen-bond donors (Lipinski definition) is 5. The van der Waals surface area contributed by atoms with Crippen LogP contribution in [0, 0.1) is 0 Å². The summed E-state index contributed by atoms with van der Waals surface area (Å²) in [5.74, 6) is -0.584. The fourth-order valence-corrected chi connectivity index (χ4v) is 4.77. The molecule has 9 heteroatoms. The van der Waals surface area contributed by atoms with Crippen molar-refractivity contribution in [3.8, 4) is 5.75 Å². The number of aromatic amines is 1. The zero-order valence-corrected chi connectivity index (χ0v) is 22.6. The smallest absolute Gasteiger partial charge is 0.243 e. The number of guanidine groups is 1. The Morgan fingerprint density at radius 2 is 1.62 bits per heavy atom. The molecule has 0 radical (unpaired) electrons. The van der Waals surface area contributed by atoms with Crippen molar-refractivity contribution in [2.24, 2.45) is 16.5 Å². The second-order valence-corrected chi connectivity index (χ2v) is 9.54. The normalized spacial score (nSPS) is 11.8. The fourth-order valence-electron chi connectivity index (χ4n) is 4.77. The Hall–Kier alpha value is -4.63. The number of rotatable bonds is 13. The van der Waals surface area contributed by atoms with E-state index in [9.17, 15) is 9.59 Å². The van der Waals surface area contributed by atoms with Crippen molar-refractivity contribution in [3.63, 3.8) is 0 Å². The van der Waals surface area contributed by atoms with Crippen LogP contribution in [-0.2, 0) is 16.0 Å². The molecule has 0 saturated carbocycles. The molecule has 0 bridgehead atoms. The number of aromatic nitrogens is 1. The molecule has 40 heavy (non-hydrogen) atoms. The summed E-state index contributed by atoms with van der Waals surface area (Å²) in [5, 5.41) is 7.08. The van der Waals surface area contributed by atoms with Gasteiger partial charge in [0.2, 0.25) is 11.8 Å². The van der Waals surface area contributed by atoms with Crippen LogP contribution in [0.2, 0.25) is 0 Å². The highest BCUT2D eigenvalue weighted by atomic mass is 16.5. The zero-order valence-electron chi connectivity index (χ0n) is 22.6. The number of nitrogens with one attached hydrogen (secondary N) is 3. The molecule has 1 atom stereocenters. The van der Waals surface area contributed by atoms with Crippen molar-refractivity contribution in [1.82, 2.24) is 15.6 Å². The number of benzene rings is 3. The molecule has 1 aromatic heterocycles. The number of nitrogens with zero attached hydrogens (tertiary/aromatic N) is 1. The first-order valence-electron chi connectivity index (χ1n) is 13.3. The van der Waals surface area contributed by atoms with Gasteiger partial charge in [0.1, 0.15) is 5.75 Å². The number of methoxy groups -OCH3 is 1. The maximum absolute atomic E-state index is 13.5. The minimum absolute atomic E-state index is 0.00691. The number of ether oxygens (including phenoxy) is 1. The average Bonchev–Trinajstić information content (AvgIpc) is 3.37. The summed E-state index contributed by atoms with van der Waals surface area (Å²) in [6.45, 7) is 0.917. The average molecular weight is 541 g/mol. The number of fused-ring (bicyclic) bond motifs is 1. The van der Waals surface area contributed by atoms with Crippen LogP contribution >= 0.6 is 0 Å². The fraction of sp³-hybridized carbons (Fsp3) is 0.258. The molecule has 0 unspecified atom stereocenters. The summed E-state index contributed by atoms with van der Waals surface area (Å²) >= 11 is 0. The minimum Gasteiger partial charge on any atom is -0.497 e. The van der Waals surface area contributed by atoms with Gasteiger partial charge >= 0.3 is 0 Å². The van der Waals surface area contributed by atoms with Gasteiger partial charge < -0.3 is 26.5 Å². The van der Waals surface area contributed by atoms with Crippen LogP contribution in [0.1, 0.15) is 35.4 Å². The third-order valence-electron chi connectivity index (χ3n) is 6.80. The lowest BCUT2D eigenvalue weighted by Gasteiger charge is -2.21. The van der Waals surface area contributed by atoms with Crippen LogP contribution in [0.15, 0.2) is 90.1 Å². The van der Waals surface area contributed by atoms with Crippen molar-refractivity contribution in [2.75, 3.05) is 20.2 Å². The highest BCUT2D eigenvalue weighted by Crippen LogP contribution is 2.25. The van der Waals surface area contributed by atoms with Crippen molar-refractivity contribution < 1.29 is 14.3 Å². The number of imide groups is 1. The molecule has 0 aliphatic heterocycles. The Labute approximate surface area is 234 Å². The Kier molecular flexibility index (Phi) is 9.90. The van der Waals surface area contributed by atoms with E-state index in [-0.39, 0.29) is 17.8 Å². The molecule has 3 aromatic carbocycles. The highest BCUT2D eigenvalue weighted by Gasteiger charge is 2.27. The van der Waals surface area contributed by atoms with E-state index in [4.69, 9.17) is 16.2 Å². The summed E-state index contributed by atoms with van der Waals surface area (Å²) in [6.07, 6.45) is 3.67. The Bertz CT molecular complexity index is 1390. The molecule has 0 aliphatic rings. The number of carbonyl (C=O) groups is 2. The topological polar surface area (TPSA) is 148 Å². The molecule has 0 aliphatic carbocycles. The number of nitrogens with two attached hydrogens (primary N) is 2. The lowest BCUT2D eigenvalue weighted by molar-refractivity contribution is -0.132. The van der Waals surface area contributed by atoms with Crippen LogP contribution in [0.3, 0.4) is 0 Å². The van der Waals surface area contributed by atoms with Gasteiger partial charge in [-0.3, -0.25) is 19.9 Å². The van der Waals surface area contributed by atoms with Gasteiger partial charge in [-0.05, 0) is 60.7 Å². The molecule has 208 valence electrons. The van der Waals surface area contributed by atoms with Gasteiger partial charge in [-0.15, -0.1) is 0 Å². The molecule has 4 rings (SSSR count). The molecule has 7 N–H and O–H groups in total. The number of amides is 2. The predicted molar refractivity (Wildman–Crippen MR) is 158 cm³/mol. The van der Waals surface area contributed by atoms with Crippen LogP contribution in [0.4, 0.5) is 0 Å². The molecule has 4 aromatic rings. The van der Waals surface area contributed by atoms with E-state index in [2.05, 4.69) is 20.6 Å². The number of carbonyl (C=O) groups excluding carboxylic acids is 2. The third-order valence-corrected chi connectivity index (χ3v) is 6.80. The van der Waals surface area contributed by atoms with Gasteiger partial charge in [0.05, 0.1) is 19.1 Å². The SMILES string of the molecule is COc1ccc2[nH]cc(CCN[C@@H](CCCN=C(N)N)C(=O)NC(=O)C(c3ccccc3)c3ccccc3)c2c1. The van der Waals surface area contributed by atoms with Gasteiger partial charge in [-0.25, -0.2) is 0 Å². The largest absolute Gasteiger partial charge is 0.497 e. The second kappa shape index (κ2) is 14.0. The summed E-state index contributed by atoms with van der Waals surface area (Å²) in [4.78, 5) is 34.3. The molecule has 1 heterocycles. The van der Waals surface area contributed by atoms with E-state index in [1.54, 1.807) is 7.11 Å². The van der Waals surface area contributed by atoms with Crippen LogP contribution in [0.25, 0.3) is 10.9 Å². The Morgan fingerprint density at radius 3 is 2.25 bits per heavy atom. The maximum Gasteiger partial charge on any atom is 0.243 e. The van der Waals surface area contributed by atoms with Crippen LogP contribution in [-0.4, -0.2) is 49.0 Å². The standard InChI is InChI=1S/C31H36N6O3/c1-40-24-14-15-26-25(19-24)23(20-36-26)16-18-34-27(13-8-17-35-31(32)33)29(38)37-30(39)28(21-9-4-2-5-10-21)22-11-6-3-7-12-22/h2-7,9-12,14-15,19-20,27-28,34,36H,8,13,16-18H2,1H3,(H4,32,33,35)(H,37,38,39)/t27-/m0/s1. The predicted octanol–water partition coefficient (Wildman–Crippen LogP) is 3.21. The van der Waals surface area contributed by atoms with E-state index in [1.165, 1.54) is 0 Å². The number of hydrogen-bond acceptors (Lipinski definition) is 5. The molecule has 0 fully saturated rings. The maximum atomic E-state index is 13.5. The number of H-pyrrole nitrogens is 1. The zero-order chi connectivity index (χ0) is 28.3. The molecule has 0 spiro atoms. The van der Waals surface area contributed by atoms with Gasteiger partial charge in [0.25, 0.3) is 0 Å². The van der Waals surface area contributed by atoms with Crippen molar-refractivity contribution in [3.05, 3.63) is 102 Å². The highest BCUT2D eigenvalue weighted by molar-refractivity contribution is 6.01. The summed E-state index contributed by atoms with van der Waals surface area (Å²) < 4.78 is 5.37. The number of aliphatic imine (C=N–C) groups is 1. The molecular weight excluding hydrogens is 504 g/mol. The quantitative estimate of drug-likeness (QED) is 0.0999. The molecule has 0 saturated heterocycles. The van der Waals surface area contributed by atoms with Gasteiger partial charge in [-0.1, -0.05) is 60.7 Å². The van der Waals surface area contributed by atoms with E-state index in [1.807, 2.05) is 85.1 Å². The lowest BCUT2D eigenvalue weighted by atomic mass is 9.90. The Morgan fingerprint density at radius 1 is 0.950 bits per heavy atom. The van der Waals surface area contributed by atoms with Gasteiger partial charge in [0.15, 0.2) is 5.96 Å². The summed E-state index contributed by atoms with van der Waals surface area (Å²) in [7, 11) is 1.64. The van der Waals surface area contributed by atoms with E-state index in [0.717, 1.165) is 33.3 Å². The van der Waals surface area contributed by atoms with Crippen molar-refractivity contribution in [2.45, 2.75) is 31.2 Å². The second-order valence-electron chi connectivity index (χ2n) is 9.54. The monoisotopic (exact) mass is 540 g/mol. The molecule has 9 nitrogen and oxygen atoms in total. The van der Waals surface area contributed by atoms with Crippen LogP contribution in [0.5, 0.6) is 5.75 Å². The molecular formula is C31H36N6O3. The summed E-state index contributed by atoms with van der Waals surface area (Å²) in [6, 6.07) is 24.2. The van der Waals surface area contributed by atoms with Crippen molar-refractivity contribution >= 4 is 28.7 Å². The van der Waals surface area contributed by atoms with E-state index < -0.39 is 12.0 Å². The minimum atomic E-state index is -0.616. The van der Waals surface area contributed by atoms with Gasteiger partial charge in [-0.2, -0.15) is 0 Å².